The Hall–Kier alpha value is 1.07. The number of rotatable bonds is 3. The summed E-state index contributed by atoms with van der Waals surface area (Å²) in [5, 5.41) is 8.31. The molecule has 3 N–H and O–H groups in total. The van der Waals surface area contributed by atoms with Crippen LogP contribution in [0.1, 0.15) is 20.3 Å². The average molecular weight is 171 g/mol. The maximum atomic E-state index is 10.1. The van der Waals surface area contributed by atoms with Crippen molar-refractivity contribution in [2.75, 3.05) is 0 Å². The summed E-state index contributed by atoms with van der Waals surface area (Å²) in [6.45, 7) is 3.89. The minimum atomic E-state index is -0.913. The summed E-state index contributed by atoms with van der Waals surface area (Å²) in [4.78, 5) is 10.1. The Morgan fingerprint density at radius 1 is 1.60 bits per heavy atom. The Balaban J connectivity index is 0. The van der Waals surface area contributed by atoms with Crippen LogP contribution in [0.15, 0.2) is 0 Å². The van der Waals surface area contributed by atoms with E-state index in [0.29, 0.717) is 12.3 Å². The number of carbonyl (C=O) groups is 1. The fraction of sp³-hybridized carbons (Fsp3) is 0.833. The van der Waals surface area contributed by atoms with Crippen LogP contribution in [0.3, 0.4) is 0 Å². The van der Waals surface area contributed by atoms with Crippen molar-refractivity contribution in [2.45, 2.75) is 26.3 Å². The van der Waals surface area contributed by atoms with E-state index in [0.717, 1.165) is 0 Å². The zero-order valence-electron chi connectivity index (χ0n) is 5.79. The molecule has 0 aliphatic heterocycles. The first-order valence-corrected chi connectivity index (χ1v) is 3.02. The molecule has 0 rings (SSSR count). The second-order valence-electron chi connectivity index (χ2n) is 2.57. The number of carboxylic acid groups (broad SMARTS) is 1. The molecule has 0 aliphatic carbocycles. The first-order valence-electron chi connectivity index (χ1n) is 3.02. The van der Waals surface area contributed by atoms with Crippen LogP contribution in [0.2, 0.25) is 0 Å². The van der Waals surface area contributed by atoms with E-state index in [2.05, 4.69) is 0 Å². The molecule has 0 fully saturated rings. The summed E-state index contributed by atoms with van der Waals surface area (Å²) in [7, 11) is 0. The van der Waals surface area contributed by atoms with E-state index in [1.807, 2.05) is 13.8 Å². The van der Waals surface area contributed by atoms with Gasteiger partial charge in [0.15, 0.2) is 0 Å². The second kappa shape index (κ2) is 6.76. The van der Waals surface area contributed by atoms with Crippen LogP contribution < -0.4 is 5.73 Å². The molecular weight excluding hydrogens is 157 g/mol. The second-order valence-corrected chi connectivity index (χ2v) is 2.57. The van der Waals surface area contributed by atoms with Crippen LogP contribution in [-0.2, 0) is 4.79 Å². The number of carboxylic acids is 1. The number of nitrogens with two attached hydrogens (primary N) is 1. The van der Waals surface area contributed by atoms with Crippen molar-refractivity contribution in [3.8, 4) is 0 Å². The van der Waals surface area contributed by atoms with Crippen LogP contribution in [0.5, 0.6) is 0 Å². The molecule has 0 spiro atoms. The van der Waals surface area contributed by atoms with Crippen molar-refractivity contribution in [3.05, 3.63) is 0 Å². The maximum absolute atomic E-state index is 10.1. The van der Waals surface area contributed by atoms with Crippen LogP contribution in [0.4, 0.5) is 0 Å². The summed E-state index contributed by atoms with van der Waals surface area (Å²) in [6.07, 6.45) is 0.551. The van der Waals surface area contributed by atoms with Gasteiger partial charge in [-0.25, -0.2) is 0 Å². The van der Waals surface area contributed by atoms with Crippen molar-refractivity contribution in [1.29, 1.82) is 0 Å². The molecule has 56 valence electrons. The predicted molar refractivity (Wildman–Crippen MR) is 42.2 cm³/mol. The van der Waals surface area contributed by atoms with Crippen molar-refractivity contribution in [1.82, 2.24) is 0 Å². The topological polar surface area (TPSA) is 63.3 Å². The van der Waals surface area contributed by atoms with Crippen molar-refractivity contribution >= 4 is 57.4 Å². The summed E-state index contributed by atoms with van der Waals surface area (Å²) in [6, 6.07) is -0.690. The molecule has 0 aromatic rings. The molecule has 0 aromatic heterocycles. The fourth-order valence-corrected chi connectivity index (χ4v) is 0.609. The minimum absolute atomic E-state index is 0. The molecule has 1 unspecified atom stereocenters. The van der Waals surface area contributed by atoms with E-state index in [1.54, 1.807) is 0 Å². The third-order valence-electron chi connectivity index (χ3n) is 1.04. The Morgan fingerprint density at radius 3 is 2.10 bits per heavy atom. The van der Waals surface area contributed by atoms with Crippen LogP contribution in [-0.4, -0.2) is 68.5 Å². The van der Waals surface area contributed by atoms with Gasteiger partial charge in [-0.2, -0.15) is 0 Å². The molecule has 0 aliphatic rings. The van der Waals surface area contributed by atoms with E-state index in [1.165, 1.54) is 0 Å². The Bertz CT molecular complexity index is 106. The van der Waals surface area contributed by atoms with E-state index < -0.39 is 12.0 Å². The molecule has 0 aromatic carbocycles. The molecular formula is C6H14KNO2. The predicted octanol–water partition coefficient (Wildman–Crippen LogP) is -0.204. The van der Waals surface area contributed by atoms with Gasteiger partial charge in [-0.15, -0.1) is 0 Å². The van der Waals surface area contributed by atoms with Gasteiger partial charge < -0.3 is 10.8 Å². The Labute approximate surface area is 104 Å². The standard InChI is InChI=1S/C6H13NO2.K.H/c1-4(2)3-5(7)6(8)9;;/h4-5H,3,7H2,1-2H3,(H,8,9);;. The van der Waals surface area contributed by atoms with Crippen LogP contribution >= 0.6 is 0 Å². The molecule has 10 heavy (non-hydrogen) atoms. The summed E-state index contributed by atoms with van der Waals surface area (Å²) in [5.74, 6) is -0.556. The fourth-order valence-electron chi connectivity index (χ4n) is 0.609. The van der Waals surface area contributed by atoms with Crippen LogP contribution in [0.25, 0.3) is 0 Å². The van der Waals surface area contributed by atoms with Crippen molar-refractivity contribution in [3.63, 3.8) is 0 Å². The van der Waals surface area contributed by atoms with Gasteiger partial charge >= 0.3 is 57.4 Å². The number of hydrogen-bond donors (Lipinski definition) is 2. The van der Waals surface area contributed by atoms with E-state index in [4.69, 9.17) is 10.8 Å². The summed E-state index contributed by atoms with van der Waals surface area (Å²) < 4.78 is 0. The monoisotopic (exact) mass is 171 g/mol. The average Bonchev–Trinajstić information content (AvgIpc) is 1.63. The van der Waals surface area contributed by atoms with E-state index in [9.17, 15) is 4.79 Å². The van der Waals surface area contributed by atoms with Gasteiger partial charge in [0.25, 0.3) is 0 Å². The quantitative estimate of drug-likeness (QED) is 0.578. The van der Waals surface area contributed by atoms with E-state index >= 15 is 0 Å². The van der Waals surface area contributed by atoms with Gasteiger partial charge in [0.1, 0.15) is 6.04 Å². The number of hydrogen-bond acceptors (Lipinski definition) is 2. The molecule has 0 saturated heterocycles. The first kappa shape index (κ1) is 13.6. The summed E-state index contributed by atoms with van der Waals surface area (Å²) >= 11 is 0. The normalized spacial score (nSPS) is 12.4. The molecule has 4 heteroatoms. The first-order chi connectivity index (χ1) is 4.04. The zero-order valence-corrected chi connectivity index (χ0v) is 5.79. The number of aliphatic carboxylic acids is 1. The van der Waals surface area contributed by atoms with Gasteiger partial charge in [0.2, 0.25) is 0 Å². The third-order valence-corrected chi connectivity index (χ3v) is 1.04. The third kappa shape index (κ3) is 7.18. The molecule has 0 amide bonds. The summed E-state index contributed by atoms with van der Waals surface area (Å²) in [5.41, 5.74) is 5.22. The molecule has 0 heterocycles. The molecule has 0 radical (unpaired) electrons. The molecule has 0 saturated carbocycles. The zero-order chi connectivity index (χ0) is 7.44. The Kier molecular flexibility index (Phi) is 9.22. The van der Waals surface area contributed by atoms with Gasteiger partial charge in [-0.3, -0.25) is 4.79 Å². The van der Waals surface area contributed by atoms with Gasteiger partial charge in [0.05, 0.1) is 0 Å². The van der Waals surface area contributed by atoms with Gasteiger partial charge in [-0.1, -0.05) is 13.8 Å². The SMILES string of the molecule is CC(C)CC(N)C(=O)O.[KH]. The van der Waals surface area contributed by atoms with Crippen LogP contribution in [0, 0.1) is 5.92 Å². The van der Waals surface area contributed by atoms with Crippen molar-refractivity contribution in [2.24, 2.45) is 11.7 Å². The van der Waals surface area contributed by atoms with Crippen molar-refractivity contribution < 1.29 is 9.90 Å². The molecule has 1 atom stereocenters. The molecule has 0 bridgehead atoms. The Morgan fingerprint density at radius 2 is 2.00 bits per heavy atom. The van der Waals surface area contributed by atoms with Gasteiger partial charge in [0, 0.05) is 0 Å². The van der Waals surface area contributed by atoms with Gasteiger partial charge in [-0.05, 0) is 12.3 Å². The van der Waals surface area contributed by atoms with E-state index in [-0.39, 0.29) is 51.4 Å². The molecule has 3 nitrogen and oxygen atoms in total.